The maximum absolute atomic E-state index is 12.8. The third kappa shape index (κ3) is 4.05. The van der Waals surface area contributed by atoms with Crippen LogP contribution in [0.4, 0.5) is 5.13 Å². The number of aryl methyl sites for hydroxylation is 1. The number of carbonyl (C=O) groups is 1. The number of likely N-dealkylation sites (N-methyl/N-ethyl adjacent to an activating group) is 1. The highest BCUT2D eigenvalue weighted by Gasteiger charge is 2.32. The van der Waals surface area contributed by atoms with Gasteiger partial charge in [0.1, 0.15) is 12.4 Å². The van der Waals surface area contributed by atoms with E-state index in [2.05, 4.69) is 16.6 Å². The van der Waals surface area contributed by atoms with E-state index < -0.39 is 0 Å². The first-order valence-electron chi connectivity index (χ1n) is 8.17. The smallest absolute Gasteiger partial charge is 0.266 e. The lowest BCUT2D eigenvalue weighted by molar-refractivity contribution is -0.122. The van der Waals surface area contributed by atoms with Crippen LogP contribution >= 0.6 is 23.1 Å². The molecule has 1 aliphatic rings. The summed E-state index contributed by atoms with van der Waals surface area (Å²) >= 11 is 2.83. The topological polar surface area (TPSA) is 54.8 Å². The molecule has 1 aliphatic heterocycles. The van der Waals surface area contributed by atoms with Crippen molar-refractivity contribution >= 4 is 45.4 Å². The minimum atomic E-state index is -0.0527. The Kier molecular flexibility index (Phi) is 5.90. The molecule has 7 heteroatoms. The fourth-order valence-electron chi connectivity index (χ4n) is 2.37. The quantitative estimate of drug-likeness (QED) is 0.537. The van der Waals surface area contributed by atoms with Gasteiger partial charge in [-0.1, -0.05) is 30.9 Å². The second-order valence-electron chi connectivity index (χ2n) is 5.46. The molecule has 0 N–H and O–H groups in total. The summed E-state index contributed by atoms with van der Waals surface area (Å²) in [5.74, 6) is 0.667. The van der Waals surface area contributed by atoms with Gasteiger partial charge in [-0.3, -0.25) is 9.69 Å². The van der Waals surface area contributed by atoms with Crippen molar-refractivity contribution in [1.82, 2.24) is 9.88 Å². The van der Waals surface area contributed by atoms with Crippen molar-refractivity contribution in [1.29, 1.82) is 0 Å². The lowest BCUT2D eigenvalue weighted by atomic mass is 10.2. The zero-order valence-electron chi connectivity index (χ0n) is 14.6. The van der Waals surface area contributed by atoms with Crippen LogP contribution in [0, 0.1) is 6.92 Å². The van der Waals surface area contributed by atoms with E-state index in [1.165, 1.54) is 23.1 Å². The van der Waals surface area contributed by atoms with Crippen LogP contribution in [0.5, 0.6) is 5.75 Å². The number of rotatable bonds is 6. The Balaban J connectivity index is 1.92. The Bertz CT molecular complexity index is 886. The number of ether oxygens (including phenoxy) is 1. The first kappa shape index (κ1) is 18.4. The summed E-state index contributed by atoms with van der Waals surface area (Å²) in [7, 11) is 0. The van der Waals surface area contributed by atoms with Crippen LogP contribution in [0.1, 0.15) is 18.2 Å². The highest BCUT2D eigenvalue weighted by atomic mass is 32.2. The molecule has 1 amide bonds. The summed E-state index contributed by atoms with van der Waals surface area (Å²) in [6.45, 7) is 8.50. The maximum atomic E-state index is 12.8. The number of carbonyl (C=O) groups excluding carboxylic acids is 1. The number of thioether (sulfide) groups is 1. The van der Waals surface area contributed by atoms with Crippen molar-refractivity contribution in [2.24, 2.45) is 4.99 Å². The van der Waals surface area contributed by atoms with E-state index in [1.807, 2.05) is 49.6 Å². The molecule has 0 spiro atoms. The van der Waals surface area contributed by atoms with E-state index in [0.29, 0.717) is 28.4 Å². The fourth-order valence-corrected chi connectivity index (χ4v) is 4.12. The van der Waals surface area contributed by atoms with Gasteiger partial charge in [-0.2, -0.15) is 4.99 Å². The maximum Gasteiger partial charge on any atom is 0.266 e. The largest absolute Gasteiger partial charge is 0.489 e. The lowest BCUT2D eigenvalue weighted by Gasteiger charge is -2.11. The molecule has 0 bridgehead atoms. The number of nitrogens with zero attached hydrogens (tertiary/aromatic N) is 3. The highest BCUT2D eigenvalue weighted by Crippen LogP contribution is 2.35. The molecule has 26 heavy (non-hydrogen) atoms. The van der Waals surface area contributed by atoms with Gasteiger partial charge >= 0.3 is 0 Å². The number of hydrogen-bond donors (Lipinski definition) is 0. The minimum absolute atomic E-state index is 0.0527. The van der Waals surface area contributed by atoms with Crippen molar-refractivity contribution in [3.63, 3.8) is 0 Å². The first-order chi connectivity index (χ1) is 12.6. The Morgan fingerprint density at radius 1 is 1.38 bits per heavy atom. The monoisotopic (exact) mass is 385 g/mol. The van der Waals surface area contributed by atoms with Crippen molar-refractivity contribution in [2.45, 2.75) is 13.8 Å². The number of amides is 1. The Hall–Kier alpha value is -2.38. The minimum Gasteiger partial charge on any atom is -0.489 e. The van der Waals surface area contributed by atoms with Gasteiger partial charge in [0.05, 0.1) is 10.6 Å². The number of hydrogen-bond acceptors (Lipinski definition) is 6. The van der Waals surface area contributed by atoms with E-state index in [9.17, 15) is 4.79 Å². The van der Waals surface area contributed by atoms with Crippen molar-refractivity contribution in [2.75, 3.05) is 13.2 Å². The van der Waals surface area contributed by atoms with Gasteiger partial charge < -0.3 is 4.74 Å². The average molecular weight is 386 g/mol. The molecule has 0 atom stereocenters. The molecule has 1 aromatic heterocycles. The van der Waals surface area contributed by atoms with Gasteiger partial charge in [0.25, 0.3) is 5.91 Å². The van der Waals surface area contributed by atoms with Gasteiger partial charge in [0.15, 0.2) is 5.17 Å². The predicted molar refractivity (Wildman–Crippen MR) is 109 cm³/mol. The molecule has 0 radical (unpaired) electrons. The van der Waals surface area contributed by atoms with Crippen LogP contribution < -0.4 is 4.74 Å². The van der Waals surface area contributed by atoms with Crippen LogP contribution in [-0.4, -0.2) is 34.1 Å². The predicted octanol–water partition coefficient (Wildman–Crippen LogP) is 4.64. The molecule has 2 heterocycles. The number of aliphatic imine (C=N–C) groups is 1. The van der Waals surface area contributed by atoms with E-state index in [0.717, 1.165) is 17.0 Å². The number of para-hydroxylation sites is 1. The van der Waals surface area contributed by atoms with Crippen molar-refractivity contribution in [3.8, 4) is 5.75 Å². The van der Waals surface area contributed by atoms with E-state index in [1.54, 1.807) is 11.0 Å². The van der Waals surface area contributed by atoms with Gasteiger partial charge in [-0.25, -0.2) is 4.98 Å². The van der Waals surface area contributed by atoms with Gasteiger partial charge in [0.2, 0.25) is 5.13 Å². The van der Waals surface area contributed by atoms with Crippen LogP contribution in [0.3, 0.4) is 0 Å². The van der Waals surface area contributed by atoms with Gasteiger partial charge in [-0.15, -0.1) is 11.3 Å². The molecule has 0 saturated carbocycles. The highest BCUT2D eigenvalue weighted by molar-refractivity contribution is 8.18. The molecular weight excluding hydrogens is 366 g/mol. The third-order valence-electron chi connectivity index (χ3n) is 3.56. The van der Waals surface area contributed by atoms with Crippen molar-refractivity contribution in [3.05, 3.63) is 58.5 Å². The molecule has 134 valence electrons. The van der Waals surface area contributed by atoms with Crippen molar-refractivity contribution < 1.29 is 9.53 Å². The zero-order valence-corrected chi connectivity index (χ0v) is 16.3. The fraction of sp³-hybridized carbons (Fsp3) is 0.211. The molecule has 3 rings (SSSR count). The average Bonchev–Trinajstić information content (AvgIpc) is 3.17. The zero-order chi connectivity index (χ0) is 18.5. The Morgan fingerprint density at radius 2 is 2.19 bits per heavy atom. The van der Waals surface area contributed by atoms with Crippen LogP contribution in [0.2, 0.25) is 0 Å². The van der Waals surface area contributed by atoms with Gasteiger partial charge in [0, 0.05) is 17.5 Å². The molecule has 1 aromatic carbocycles. The van der Waals surface area contributed by atoms with Gasteiger partial charge in [-0.05, 0) is 37.8 Å². The summed E-state index contributed by atoms with van der Waals surface area (Å²) in [5, 5.41) is 3.26. The Labute approximate surface area is 161 Å². The summed E-state index contributed by atoms with van der Waals surface area (Å²) in [6, 6.07) is 7.63. The second kappa shape index (κ2) is 8.33. The number of thiazole rings is 1. The standard InChI is InChI=1S/C19H19N3O2S2/c1-4-10-24-15-9-7-6-8-14(15)11-16-17(23)22(5-2)19(26-16)21-18-20-13(3)12-25-18/h4,6-9,11-12H,1,5,10H2,2-3H3/b16-11-,21-19+. The van der Waals surface area contributed by atoms with E-state index in [-0.39, 0.29) is 5.91 Å². The lowest BCUT2D eigenvalue weighted by Crippen LogP contribution is -2.28. The first-order valence-corrected chi connectivity index (χ1v) is 9.87. The molecule has 0 aliphatic carbocycles. The SMILES string of the molecule is C=CCOc1ccccc1/C=C1\S/C(=N/c2nc(C)cs2)N(CC)C1=O. The normalized spacial score (nSPS) is 17.3. The van der Waals surface area contributed by atoms with E-state index >= 15 is 0 Å². The van der Waals surface area contributed by atoms with Crippen LogP contribution in [0.15, 0.2) is 52.2 Å². The Morgan fingerprint density at radius 3 is 2.88 bits per heavy atom. The summed E-state index contributed by atoms with van der Waals surface area (Å²) in [6.07, 6.45) is 3.54. The second-order valence-corrected chi connectivity index (χ2v) is 7.31. The number of benzene rings is 1. The molecular formula is C19H19N3O2S2. The summed E-state index contributed by atoms with van der Waals surface area (Å²) in [5.41, 5.74) is 1.78. The molecule has 2 aromatic rings. The third-order valence-corrected chi connectivity index (χ3v) is 5.42. The van der Waals surface area contributed by atoms with Crippen LogP contribution in [-0.2, 0) is 4.79 Å². The molecule has 0 unspecified atom stereocenters. The molecule has 1 saturated heterocycles. The molecule has 1 fully saturated rings. The van der Waals surface area contributed by atoms with Crippen LogP contribution in [0.25, 0.3) is 6.08 Å². The summed E-state index contributed by atoms with van der Waals surface area (Å²) < 4.78 is 5.67. The summed E-state index contributed by atoms with van der Waals surface area (Å²) in [4.78, 5) is 23.9. The number of amidine groups is 1. The number of aromatic nitrogens is 1. The van der Waals surface area contributed by atoms with E-state index in [4.69, 9.17) is 4.74 Å². The molecule has 5 nitrogen and oxygen atoms in total.